The highest BCUT2D eigenvalue weighted by atomic mass is 16.5. The van der Waals surface area contributed by atoms with Crippen LogP contribution in [-0.4, -0.2) is 6.61 Å². The molecular formula is C57H38O2. The molecule has 278 valence electrons. The van der Waals surface area contributed by atoms with Crippen LogP contribution in [0.5, 0.6) is 17.2 Å². The standard InChI is InChI=1S/C57H38O2/c1-2-11-39(32-47-36-58-55-27-24-45(33-52(55)49-17-8-7-16-48(47)49)42-22-20-37-12-3-5-14-40(37)30-42)44-25-28-56-53(34-44)50-18-9-10-19-51(50)54-35-46(26-29-57(54)59-56)43-23-21-38-13-4-6-15-41(38)31-43/h2-35H,1,36H2/b39-11+,47-32+. The van der Waals surface area contributed by atoms with Crippen LogP contribution in [0.4, 0.5) is 0 Å². The van der Waals surface area contributed by atoms with Gasteiger partial charge in [-0.1, -0.05) is 158 Å². The lowest BCUT2D eigenvalue weighted by molar-refractivity contribution is 0.373. The average Bonchev–Trinajstić information content (AvgIpc) is 3.54. The van der Waals surface area contributed by atoms with E-state index < -0.39 is 0 Å². The van der Waals surface area contributed by atoms with Crippen molar-refractivity contribution >= 4 is 32.7 Å². The van der Waals surface area contributed by atoms with Crippen molar-refractivity contribution in [2.24, 2.45) is 0 Å². The molecule has 0 unspecified atom stereocenters. The highest BCUT2D eigenvalue weighted by Gasteiger charge is 2.24. The minimum absolute atomic E-state index is 0.430. The lowest BCUT2D eigenvalue weighted by Crippen LogP contribution is -1.99. The quantitative estimate of drug-likeness (QED) is 0.163. The normalized spacial score (nSPS) is 13.5. The number of ether oxygens (including phenoxy) is 2. The van der Waals surface area contributed by atoms with Gasteiger partial charge in [0.15, 0.2) is 0 Å². The predicted molar refractivity (Wildman–Crippen MR) is 247 cm³/mol. The molecule has 0 aliphatic carbocycles. The first kappa shape index (κ1) is 34.6. The maximum absolute atomic E-state index is 6.78. The molecule has 2 aliphatic rings. The Labute approximate surface area is 344 Å². The lowest BCUT2D eigenvalue weighted by atomic mass is 9.89. The second-order valence-corrected chi connectivity index (χ2v) is 15.3. The third-order valence-corrected chi connectivity index (χ3v) is 11.7. The van der Waals surface area contributed by atoms with Gasteiger partial charge < -0.3 is 9.47 Å². The van der Waals surface area contributed by atoms with E-state index in [1.54, 1.807) is 0 Å². The summed E-state index contributed by atoms with van der Waals surface area (Å²) in [5.41, 5.74) is 15.6. The van der Waals surface area contributed by atoms with Gasteiger partial charge in [-0.25, -0.2) is 0 Å². The van der Waals surface area contributed by atoms with Gasteiger partial charge in [0.1, 0.15) is 23.9 Å². The molecule has 0 N–H and O–H groups in total. The number of hydrogen-bond donors (Lipinski definition) is 0. The van der Waals surface area contributed by atoms with Crippen molar-refractivity contribution in [1.29, 1.82) is 0 Å². The lowest BCUT2D eigenvalue weighted by Gasteiger charge is -2.14. The highest BCUT2D eigenvalue weighted by molar-refractivity contribution is 5.97. The van der Waals surface area contributed by atoms with Crippen LogP contribution in [0.25, 0.3) is 88.3 Å². The van der Waals surface area contributed by atoms with Gasteiger partial charge in [-0.15, -0.1) is 0 Å². The van der Waals surface area contributed by atoms with E-state index in [9.17, 15) is 0 Å². The van der Waals surface area contributed by atoms with Crippen molar-refractivity contribution in [3.05, 3.63) is 224 Å². The van der Waals surface area contributed by atoms with Crippen molar-refractivity contribution in [2.75, 3.05) is 6.61 Å². The fourth-order valence-electron chi connectivity index (χ4n) is 8.77. The largest absolute Gasteiger partial charge is 0.488 e. The number of benzene rings is 9. The molecule has 0 amide bonds. The summed E-state index contributed by atoms with van der Waals surface area (Å²) in [5.74, 6) is 2.54. The van der Waals surface area contributed by atoms with E-state index in [0.29, 0.717) is 6.61 Å². The third kappa shape index (κ3) is 6.23. The molecule has 9 aromatic rings. The Kier molecular flexibility index (Phi) is 8.41. The molecule has 0 spiro atoms. The van der Waals surface area contributed by atoms with Gasteiger partial charge in [-0.05, 0) is 137 Å². The Morgan fingerprint density at radius 3 is 1.47 bits per heavy atom. The smallest absolute Gasteiger partial charge is 0.135 e. The number of hydrogen-bond acceptors (Lipinski definition) is 2. The highest BCUT2D eigenvalue weighted by Crippen LogP contribution is 2.49. The first-order chi connectivity index (χ1) is 29.2. The fraction of sp³-hybridized carbons (Fsp3) is 0.0175. The van der Waals surface area contributed by atoms with Crippen LogP contribution in [0.1, 0.15) is 11.1 Å². The van der Waals surface area contributed by atoms with Gasteiger partial charge in [-0.2, -0.15) is 0 Å². The van der Waals surface area contributed by atoms with Crippen LogP contribution in [0.15, 0.2) is 213 Å². The molecule has 2 aliphatic heterocycles. The second-order valence-electron chi connectivity index (χ2n) is 15.3. The topological polar surface area (TPSA) is 18.5 Å². The minimum Gasteiger partial charge on any atom is -0.488 e. The number of allylic oxidation sites excluding steroid dienone is 4. The van der Waals surface area contributed by atoms with E-state index in [0.717, 1.165) is 84.0 Å². The SMILES string of the molecule is C=C/C=C(\C=C1/COc2ccc(-c3ccc4ccccc4c3)cc2-c2ccccc21)c1ccc2c(c1)-c1ccccc1-c1cc(-c3ccc4ccccc4c3)ccc1O2. The Hall–Kier alpha value is -7.68. The van der Waals surface area contributed by atoms with Gasteiger partial charge >= 0.3 is 0 Å². The molecule has 0 saturated heterocycles. The van der Waals surface area contributed by atoms with E-state index in [2.05, 4.69) is 207 Å². The maximum Gasteiger partial charge on any atom is 0.135 e. The summed E-state index contributed by atoms with van der Waals surface area (Å²) in [6.45, 7) is 4.56. The molecule has 2 heterocycles. The monoisotopic (exact) mass is 754 g/mol. The van der Waals surface area contributed by atoms with Gasteiger partial charge in [0.05, 0.1) is 0 Å². The van der Waals surface area contributed by atoms with E-state index in [4.69, 9.17) is 9.47 Å². The summed E-state index contributed by atoms with van der Waals surface area (Å²) >= 11 is 0. The fourth-order valence-corrected chi connectivity index (χ4v) is 8.77. The van der Waals surface area contributed by atoms with Crippen molar-refractivity contribution in [3.8, 4) is 72.9 Å². The van der Waals surface area contributed by atoms with E-state index in [1.807, 2.05) is 6.08 Å². The molecule has 2 nitrogen and oxygen atoms in total. The predicted octanol–water partition coefficient (Wildman–Crippen LogP) is 15.5. The molecule has 0 radical (unpaired) electrons. The van der Waals surface area contributed by atoms with Crippen molar-refractivity contribution in [1.82, 2.24) is 0 Å². The van der Waals surface area contributed by atoms with E-state index in [-0.39, 0.29) is 0 Å². The van der Waals surface area contributed by atoms with Crippen LogP contribution in [0.2, 0.25) is 0 Å². The van der Waals surface area contributed by atoms with Crippen molar-refractivity contribution < 1.29 is 9.47 Å². The van der Waals surface area contributed by atoms with E-state index in [1.165, 1.54) is 32.7 Å². The van der Waals surface area contributed by atoms with Crippen molar-refractivity contribution in [3.63, 3.8) is 0 Å². The maximum atomic E-state index is 6.78. The zero-order valence-electron chi connectivity index (χ0n) is 32.4. The van der Waals surface area contributed by atoms with Crippen LogP contribution < -0.4 is 9.47 Å². The first-order valence-electron chi connectivity index (χ1n) is 20.1. The molecule has 0 fully saturated rings. The molecule has 9 aromatic carbocycles. The van der Waals surface area contributed by atoms with Gasteiger partial charge in [0.2, 0.25) is 0 Å². The Bertz CT molecular complexity index is 3220. The van der Waals surface area contributed by atoms with Crippen molar-refractivity contribution in [2.45, 2.75) is 0 Å². The van der Waals surface area contributed by atoms with E-state index >= 15 is 0 Å². The molecule has 0 bridgehead atoms. The van der Waals surface area contributed by atoms with Gasteiger partial charge in [0.25, 0.3) is 0 Å². The van der Waals surface area contributed by atoms with Gasteiger partial charge in [0, 0.05) is 16.7 Å². The average molecular weight is 755 g/mol. The Morgan fingerprint density at radius 2 is 0.864 bits per heavy atom. The minimum atomic E-state index is 0.430. The number of fused-ring (bicyclic) bond motifs is 10. The summed E-state index contributed by atoms with van der Waals surface area (Å²) in [6.07, 6.45) is 6.20. The summed E-state index contributed by atoms with van der Waals surface area (Å²) in [6, 6.07) is 67.2. The summed E-state index contributed by atoms with van der Waals surface area (Å²) in [5, 5.41) is 4.93. The van der Waals surface area contributed by atoms with Crippen LogP contribution >= 0.6 is 0 Å². The Balaban J connectivity index is 0.970. The molecule has 2 heteroatoms. The Morgan fingerprint density at radius 1 is 0.407 bits per heavy atom. The van der Waals surface area contributed by atoms with Crippen LogP contribution in [-0.2, 0) is 0 Å². The second kappa shape index (κ2) is 14.4. The van der Waals surface area contributed by atoms with Crippen LogP contribution in [0, 0.1) is 0 Å². The summed E-state index contributed by atoms with van der Waals surface area (Å²) < 4.78 is 13.4. The van der Waals surface area contributed by atoms with Gasteiger partial charge in [-0.3, -0.25) is 0 Å². The third-order valence-electron chi connectivity index (χ3n) is 11.7. The summed E-state index contributed by atoms with van der Waals surface area (Å²) in [7, 11) is 0. The first-order valence-corrected chi connectivity index (χ1v) is 20.1. The zero-order valence-corrected chi connectivity index (χ0v) is 32.4. The summed E-state index contributed by atoms with van der Waals surface area (Å²) in [4.78, 5) is 0. The molecule has 0 atom stereocenters. The molecular weight excluding hydrogens is 717 g/mol. The molecule has 0 saturated carbocycles. The molecule has 11 rings (SSSR count). The zero-order chi connectivity index (χ0) is 39.3. The molecule has 0 aromatic heterocycles. The van der Waals surface area contributed by atoms with Crippen LogP contribution in [0.3, 0.4) is 0 Å². The number of rotatable bonds is 5. The molecule has 59 heavy (non-hydrogen) atoms.